The number of amides is 1. The first-order valence-corrected chi connectivity index (χ1v) is 9.18. The van der Waals surface area contributed by atoms with E-state index in [0.29, 0.717) is 24.5 Å². The third kappa shape index (κ3) is 2.93. The van der Waals surface area contributed by atoms with E-state index in [9.17, 15) is 9.00 Å². The number of fused-ring (bicyclic) bond motifs is 1. The van der Waals surface area contributed by atoms with Gasteiger partial charge in [-0.1, -0.05) is 0 Å². The van der Waals surface area contributed by atoms with Crippen LogP contribution in [0.5, 0.6) is 0 Å². The van der Waals surface area contributed by atoms with E-state index in [2.05, 4.69) is 4.98 Å². The van der Waals surface area contributed by atoms with Crippen molar-refractivity contribution in [1.29, 1.82) is 0 Å². The second-order valence-corrected chi connectivity index (χ2v) is 8.95. The van der Waals surface area contributed by atoms with Gasteiger partial charge in [0.05, 0.1) is 0 Å². The van der Waals surface area contributed by atoms with Gasteiger partial charge in [-0.2, -0.15) is 0 Å². The molecule has 5 heteroatoms. The van der Waals surface area contributed by atoms with Crippen LogP contribution in [-0.4, -0.2) is 43.6 Å². The summed E-state index contributed by atoms with van der Waals surface area (Å²) in [6.07, 6.45) is 5.36. The van der Waals surface area contributed by atoms with Crippen LogP contribution in [0.2, 0.25) is 0 Å². The maximum absolute atomic E-state index is 12.7. The summed E-state index contributed by atoms with van der Waals surface area (Å²) in [5, 5.41) is 0. The molecule has 1 N–H and O–H groups in total. The molecule has 1 saturated heterocycles. The average Bonchev–Trinajstić information content (AvgIpc) is 2.84. The van der Waals surface area contributed by atoms with Crippen LogP contribution in [0.15, 0.2) is 6.07 Å². The number of nitrogens with zero attached hydrogens (tertiary/aromatic N) is 1. The van der Waals surface area contributed by atoms with Crippen molar-refractivity contribution in [2.24, 2.45) is 0 Å². The molecule has 0 bridgehead atoms. The Labute approximate surface area is 128 Å². The maximum atomic E-state index is 12.7. The van der Waals surface area contributed by atoms with Gasteiger partial charge >= 0.3 is 0 Å². The highest BCUT2D eigenvalue weighted by molar-refractivity contribution is 7.86. The summed E-state index contributed by atoms with van der Waals surface area (Å²) in [6.45, 7) is 5.36. The lowest BCUT2D eigenvalue weighted by Gasteiger charge is -2.22. The summed E-state index contributed by atoms with van der Waals surface area (Å²) in [4.78, 5) is 17.9. The van der Waals surface area contributed by atoms with Crippen molar-refractivity contribution in [3.63, 3.8) is 0 Å². The molecule has 1 unspecified atom stereocenters. The second kappa shape index (κ2) is 5.59. The van der Waals surface area contributed by atoms with E-state index >= 15 is 0 Å². The monoisotopic (exact) mass is 308 g/mol. The van der Waals surface area contributed by atoms with E-state index in [1.807, 2.05) is 24.8 Å². The second-order valence-electron chi connectivity index (χ2n) is 6.75. The van der Waals surface area contributed by atoms with E-state index in [4.69, 9.17) is 0 Å². The molecular weight excluding hydrogens is 284 g/mol. The molecule has 0 radical (unpaired) electrons. The van der Waals surface area contributed by atoms with Gasteiger partial charge in [0.25, 0.3) is 5.91 Å². The Kier molecular flexibility index (Phi) is 3.95. The molecule has 0 aromatic carbocycles. The Bertz CT molecular complexity index is 553. The van der Waals surface area contributed by atoms with Crippen LogP contribution < -0.4 is 0 Å². The molecule has 0 spiro atoms. The number of carbonyl (C=O) groups is 1. The van der Waals surface area contributed by atoms with Gasteiger partial charge in [-0.05, 0) is 57.6 Å². The van der Waals surface area contributed by atoms with Gasteiger partial charge < -0.3 is 9.88 Å². The Balaban J connectivity index is 1.76. The SMILES string of the molecule is CC1(C)CCN(C(=O)c2cc3c([nH]2)CCCC3)CCS1=O. The van der Waals surface area contributed by atoms with Crippen LogP contribution in [0.4, 0.5) is 0 Å². The van der Waals surface area contributed by atoms with Gasteiger partial charge in [0.15, 0.2) is 0 Å². The highest BCUT2D eigenvalue weighted by Gasteiger charge is 2.32. The van der Waals surface area contributed by atoms with E-state index < -0.39 is 10.8 Å². The average molecular weight is 308 g/mol. The molecular formula is C16H24N2O2S. The van der Waals surface area contributed by atoms with Crippen molar-refractivity contribution in [2.45, 2.75) is 50.7 Å². The van der Waals surface area contributed by atoms with Crippen LogP contribution in [0.1, 0.15) is 54.9 Å². The van der Waals surface area contributed by atoms with Crippen molar-refractivity contribution >= 4 is 16.7 Å². The summed E-state index contributed by atoms with van der Waals surface area (Å²) >= 11 is 0. The van der Waals surface area contributed by atoms with Gasteiger partial charge in [-0.15, -0.1) is 0 Å². The van der Waals surface area contributed by atoms with Crippen LogP contribution in [0.25, 0.3) is 0 Å². The van der Waals surface area contributed by atoms with Gasteiger partial charge in [0.2, 0.25) is 0 Å². The number of hydrogen-bond acceptors (Lipinski definition) is 2. The fourth-order valence-corrected chi connectivity index (χ4v) is 4.45. The highest BCUT2D eigenvalue weighted by atomic mass is 32.2. The molecule has 21 heavy (non-hydrogen) atoms. The molecule has 1 aromatic rings. The first-order chi connectivity index (χ1) is 9.97. The fourth-order valence-electron chi connectivity index (χ4n) is 3.19. The first-order valence-electron chi connectivity index (χ1n) is 7.86. The van der Waals surface area contributed by atoms with Crippen LogP contribution in [0.3, 0.4) is 0 Å². The zero-order valence-electron chi connectivity index (χ0n) is 12.9. The third-order valence-corrected chi connectivity index (χ3v) is 6.77. The van der Waals surface area contributed by atoms with Crippen molar-refractivity contribution < 1.29 is 9.00 Å². The minimum Gasteiger partial charge on any atom is -0.354 e. The van der Waals surface area contributed by atoms with Gasteiger partial charge in [-0.3, -0.25) is 9.00 Å². The normalized spacial score (nSPS) is 25.2. The molecule has 2 heterocycles. The van der Waals surface area contributed by atoms with Crippen LogP contribution >= 0.6 is 0 Å². The minimum atomic E-state index is -0.858. The van der Waals surface area contributed by atoms with E-state index in [1.54, 1.807) is 0 Å². The predicted molar refractivity (Wildman–Crippen MR) is 85.0 cm³/mol. The minimum absolute atomic E-state index is 0.0686. The Hall–Kier alpha value is -1.10. The van der Waals surface area contributed by atoms with E-state index in [1.165, 1.54) is 24.1 Å². The summed E-state index contributed by atoms with van der Waals surface area (Å²) < 4.78 is 12.0. The van der Waals surface area contributed by atoms with Crippen molar-refractivity contribution in [3.05, 3.63) is 23.0 Å². The molecule has 1 amide bonds. The molecule has 2 aliphatic rings. The molecule has 1 aliphatic heterocycles. The number of nitrogens with one attached hydrogen (secondary N) is 1. The number of H-pyrrole nitrogens is 1. The first kappa shape index (κ1) is 14.8. The van der Waals surface area contributed by atoms with Crippen molar-refractivity contribution in [1.82, 2.24) is 9.88 Å². The van der Waals surface area contributed by atoms with Gasteiger partial charge in [-0.25, -0.2) is 0 Å². The number of aromatic nitrogens is 1. The largest absolute Gasteiger partial charge is 0.354 e. The highest BCUT2D eigenvalue weighted by Crippen LogP contribution is 2.25. The predicted octanol–water partition coefficient (Wildman–Crippen LogP) is 2.27. The molecule has 3 rings (SSSR count). The Morgan fingerprint density at radius 3 is 2.81 bits per heavy atom. The van der Waals surface area contributed by atoms with Crippen LogP contribution in [0, 0.1) is 0 Å². The maximum Gasteiger partial charge on any atom is 0.270 e. The standard InChI is InChI=1S/C16H24N2O2S/c1-16(2)7-8-18(9-10-21(16)20)15(19)14-11-12-5-3-4-6-13(12)17-14/h11,17H,3-10H2,1-2H3. The number of hydrogen-bond donors (Lipinski definition) is 1. The summed E-state index contributed by atoms with van der Waals surface area (Å²) in [5.74, 6) is 0.651. The summed E-state index contributed by atoms with van der Waals surface area (Å²) in [5.41, 5.74) is 3.26. The van der Waals surface area contributed by atoms with E-state index in [-0.39, 0.29) is 10.7 Å². The quantitative estimate of drug-likeness (QED) is 0.865. The smallest absolute Gasteiger partial charge is 0.270 e. The topological polar surface area (TPSA) is 53.2 Å². The molecule has 0 saturated carbocycles. The third-order valence-electron chi connectivity index (χ3n) is 4.78. The fraction of sp³-hybridized carbons (Fsp3) is 0.688. The summed E-state index contributed by atoms with van der Waals surface area (Å²) in [6, 6.07) is 2.03. The summed E-state index contributed by atoms with van der Waals surface area (Å²) in [7, 11) is -0.858. The molecule has 1 fully saturated rings. The zero-order valence-corrected chi connectivity index (χ0v) is 13.7. The van der Waals surface area contributed by atoms with E-state index in [0.717, 1.165) is 19.3 Å². The zero-order chi connectivity index (χ0) is 15.0. The number of aryl methyl sites for hydroxylation is 2. The molecule has 1 aliphatic carbocycles. The number of carbonyl (C=O) groups excluding carboxylic acids is 1. The van der Waals surface area contributed by atoms with Gasteiger partial charge in [0, 0.05) is 40.1 Å². The van der Waals surface area contributed by atoms with Gasteiger partial charge in [0.1, 0.15) is 5.69 Å². The molecule has 4 nitrogen and oxygen atoms in total. The molecule has 1 aromatic heterocycles. The lowest BCUT2D eigenvalue weighted by atomic mass is 9.98. The van der Waals surface area contributed by atoms with Crippen LogP contribution in [-0.2, 0) is 23.6 Å². The number of rotatable bonds is 1. The Morgan fingerprint density at radius 2 is 2.05 bits per heavy atom. The molecule has 116 valence electrons. The Morgan fingerprint density at radius 1 is 1.29 bits per heavy atom. The van der Waals surface area contributed by atoms with Crippen molar-refractivity contribution in [3.8, 4) is 0 Å². The molecule has 1 atom stereocenters. The van der Waals surface area contributed by atoms with Crippen molar-refractivity contribution in [2.75, 3.05) is 18.8 Å². The lowest BCUT2D eigenvalue weighted by Crippen LogP contribution is -2.33. The number of aromatic amines is 1. The lowest BCUT2D eigenvalue weighted by molar-refractivity contribution is 0.0759.